The lowest BCUT2D eigenvalue weighted by atomic mass is 9.78. The molecule has 110 valence electrons. The third-order valence-corrected chi connectivity index (χ3v) is 4.38. The smallest absolute Gasteiger partial charge is 0.0386 e. The third kappa shape index (κ3) is 9.00. The zero-order valence-corrected chi connectivity index (χ0v) is 13.6. The molecular formula is C18H38. The van der Waals surface area contributed by atoms with Gasteiger partial charge in [0.1, 0.15) is 0 Å². The zero-order chi connectivity index (χ0) is 13.6. The molecule has 0 aliphatic heterocycles. The average molecular weight is 255 g/mol. The van der Waals surface area contributed by atoms with Gasteiger partial charge in [-0.15, -0.1) is 0 Å². The standard InChI is InChI=1S/C18H38/c1-5-9-13-17(14-10-6-2)18(15-11-7-3)16-12-8-4/h17-18H,5-16H2,1-4H3. The normalized spacial score (nSPS) is 11.7. The molecule has 0 atom stereocenters. The van der Waals surface area contributed by atoms with E-state index < -0.39 is 0 Å². The first kappa shape index (κ1) is 18.0. The summed E-state index contributed by atoms with van der Waals surface area (Å²) in [6, 6.07) is 0. The summed E-state index contributed by atoms with van der Waals surface area (Å²) in [6.07, 6.45) is 17.3. The molecule has 18 heavy (non-hydrogen) atoms. The molecule has 0 amide bonds. The second-order valence-corrected chi connectivity index (χ2v) is 6.09. The van der Waals surface area contributed by atoms with Crippen molar-refractivity contribution in [2.45, 2.75) is 105 Å². The molecule has 0 fully saturated rings. The van der Waals surface area contributed by atoms with Gasteiger partial charge in [0, 0.05) is 0 Å². The summed E-state index contributed by atoms with van der Waals surface area (Å²) in [6.45, 7) is 9.35. The Bertz CT molecular complexity index is 116. The Balaban J connectivity index is 4.27. The monoisotopic (exact) mass is 254 g/mol. The first-order valence-electron chi connectivity index (χ1n) is 8.79. The van der Waals surface area contributed by atoms with Crippen molar-refractivity contribution in [2.24, 2.45) is 11.8 Å². The Kier molecular flexibility index (Phi) is 13.4. The van der Waals surface area contributed by atoms with Crippen LogP contribution in [0.5, 0.6) is 0 Å². The van der Waals surface area contributed by atoms with Gasteiger partial charge in [-0.05, 0) is 11.8 Å². The molecule has 0 heterocycles. The third-order valence-electron chi connectivity index (χ3n) is 4.38. The van der Waals surface area contributed by atoms with Crippen molar-refractivity contribution in [3.63, 3.8) is 0 Å². The maximum absolute atomic E-state index is 2.34. The minimum Gasteiger partial charge on any atom is -0.0654 e. The van der Waals surface area contributed by atoms with Crippen molar-refractivity contribution in [1.82, 2.24) is 0 Å². The maximum atomic E-state index is 2.34. The predicted molar refractivity (Wildman–Crippen MR) is 85.1 cm³/mol. The fourth-order valence-corrected chi connectivity index (χ4v) is 3.10. The molecular weight excluding hydrogens is 216 g/mol. The Labute approximate surface area is 117 Å². The van der Waals surface area contributed by atoms with Crippen molar-refractivity contribution in [2.75, 3.05) is 0 Å². The molecule has 0 aromatic carbocycles. The zero-order valence-electron chi connectivity index (χ0n) is 13.6. The van der Waals surface area contributed by atoms with E-state index in [1.54, 1.807) is 0 Å². The van der Waals surface area contributed by atoms with E-state index in [4.69, 9.17) is 0 Å². The lowest BCUT2D eigenvalue weighted by molar-refractivity contribution is 0.242. The van der Waals surface area contributed by atoms with Crippen LogP contribution in [0, 0.1) is 11.8 Å². The summed E-state index contributed by atoms with van der Waals surface area (Å²) in [7, 11) is 0. The van der Waals surface area contributed by atoms with Crippen molar-refractivity contribution in [3.05, 3.63) is 0 Å². The van der Waals surface area contributed by atoms with Crippen molar-refractivity contribution < 1.29 is 0 Å². The van der Waals surface area contributed by atoms with E-state index in [1.165, 1.54) is 77.0 Å². The topological polar surface area (TPSA) is 0 Å². The van der Waals surface area contributed by atoms with Crippen molar-refractivity contribution in [1.29, 1.82) is 0 Å². The minimum atomic E-state index is 1.03. The van der Waals surface area contributed by atoms with Gasteiger partial charge in [0.15, 0.2) is 0 Å². The molecule has 0 aliphatic carbocycles. The van der Waals surface area contributed by atoms with E-state index in [1.807, 2.05) is 0 Å². The van der Waals surface area contributed by atoms with Crippen LogP contribution in [0.25, 0.3) is 0 Å². The highest BCUT2D eigenvalue weighted by molar-refractivity contribution is 4.71. The number of hydrogen-bond donors (Lipinski definition) is 0. The molecule has 0 nitrogen and oxygen atoms in total. The Morgan fingerprint density at radius 3 is 0.833 bits per heavy atom. The van der Waals surface area contributed by atoms with Crippen LogP contribution < -0.4 is 0 Å². The second-order valence-electron chi connectivity index (χ2n) is 6.09. The van der Waals surface area contributed by atoms with E-state index in [-0.39, 0.29) is 0 Å². The molecule has 0 bridgehead atoms. The molecule has 0 spiro atoms. The van der Waals surface area contributed by atoms with Crippen LogP contribution in [0.4, 0.5) is 0 Å². The van der Waals surface area contributed by atoms with E-state index in [9.17, 15) is 0 Å². The van der Waals surface area contributed by atoms with E-state index >= 15 is 0 Å². The quantitative estimate of drug-likeness (QED) is 0.332. The van der Waals surface area contributed by atoms with E-state index in [0.29, 0.717) is 0 Å². The van der Waals surface area contributed by atoms with Crippen molar-refractivity contribution >= 4 is 0 Å². The molecule has 0 saturated heterocycles. The highest BCUT2D eigenvalue weighted by Crippen LogP contribution is 2.32. The molecule has 0 N–H and O–H groups in total. The van der Waals surface area contributed by atoms with Gasteiger partial charge < -0.3 is 0 Å². The van der Waals surface area contributed by atoms with Gasteiger partial charge in [-0.25, -0.2) is 0 Å². The Hall–Kier alpha value is 0. The summed E-state index contributed by atoms with van der Waals surface area (Å²) >= 11 is 0. The van der Waals surface area contributed by atoms with Gasteiger partial charge in [-0.3, -0.25) is 0 Å². The van der Waals surface area contributed by atoms with Crippen LogP contribution in [0.3, 0.4) is 0 Å². The van der Waals surface area contributed by atoms with Gasteiger partial charge in [0.25, 0.3) is 0 Å². The number of unbranched alkanes of at least 4 members (excludes halogenated alkanes) is 4. The van der Waals surface area contributed by atoms with Gasteiger partial charge in [-0.1, -0.05) is 105 Å². The van der Waals surface area contributed by atoms with E-state index in [0.717, 1.165) is 11.8 Å². The van der Waals surface area contributed by atoms with Crippen LogP contribution in [0.2, 0.25) is 0 Å². The first-order chi connectivity index (χ1) is 8.79. The number of rotatable bonds is 13. The van der Waals surface area contributed by atoms with Crippen LogP contribution in [-0.2, 0) is 0 Å². The molecule has 0 saturated carbocycles. The molecule has 0 aromatic heterocycles. The molecule has 0 unspecified atom stereocenters. The molecule has 0 radical (unpaired) electrons. The largest absolute Gasteiger partial charge is 0.0654 e. The molecule has 0 aromatic rings. The lowest BCUT2D eigenvalue weighted by Gasteiger charge is -2.27. The second kappa shape index (κ2) is 13.4. The van der Waals surface area contributed by atoms with Gasteiger partial charge >= 0.3 is 0 Å². The SMILES string of the molecule is CCCCC(CCCC)C(CCCC)CCCC. The lowest BCUT2D eigenvalue weighted by Crippen LogP contribution is -2.15. The summed E-state index contributed by atoms with van der Waals surface area (Å²) in [5.41, 5.74) is 0. The highest BCUT2D eigenvalue weighted by Gasteiger charge is 2.19. The van der Waals surface area contributed by atoms with Crippen LogP contribution in [-0.4, -0.2) is 0 Å². The Morgan fingerprint density at radius 1 is 0.444 bits per heavy atom. The summed E-state index contributed by atoms with van der Waals surface area (Å²) in [4.78, 5) is 0. The molecule has 0 heteroatoms. The fraction of sp³-hybridized carbons (Fsp3) is 1.00. The average Bonchev–Trinajstić information content (AvgIpc) is 2.40. The summed E-state index contributed by atoms with van der Waals surface area (Å²) in [5.74, 6) is 2.06. The van der Waals surface area contributed by atoms with Gasteiger partial charge in [0.2, 0.25) is 0 Å². The van der Waals surface area contributed by atoms with Crippen LogP contribution >= 0.6 is 0 Å². The minimum absolute atomic E-state index is 1.03. The van der Waals surface area contributed by atoms with E-state index in [2.05, 4.69) is 27.7 Å². The summed E-state index contributed by atoms with van der Waals surface area (Å²) < 4.78 is 0. The Morgan fingerprint density at radius 2 is 0.667 bits per heavy atom. The van der Waals surface area contributed by atoms with Crippen LogP contribution in [0.15, 0.2) is 0 Å². The van der Waals surface area contributed by atoms with Gasteiger partial charge in [-0.2, -0.15) is 0 Å². The van der Waals surface area contributed by atoms with Gasteiger partial charge in [0.05, 0.1) is 0 Å². The first-order valence-corrected chi connectivity index (χ1v) is 8.79. The predicted octanol–water partition coefficient (Wildman–Crippen LogP) is 6.98. The fourth-order valence-electron chi connectivity index (χ4n) is 3.10. The molecule has 0 rings (SSSR count). The number of hydrogen-bond acceptors (Lipinski definition) is 0. The van der Waals surface area contributed by atoms with Crippen LogP contribution in [0.1, 0.15) is 105 Å². The highest BCUT2D eigenvalue weighted by atomic mass is 14.2. The summed E-state index contributed by atoms with van der Waals surface area (Å²) in [5, 5.41) is 0. The maximum Gasteiger partial charge on any atom is -0.0386 e. The molecule has 0 aliphatic rings. The van der Waals surface area contributed by atoms with Crippen molar-refractivity contribution in [3.8, 4) is 0 Å².